The van der Waals surface area contributed by atoms with Crippen LogP contribution in [0.25, 0.3) is 0 Å². The Morgan fingerprint density at radius 3 is 2.61 bits per heavy atom. The SMILES string of the molecule is COc1ccc(CCN(Cc2cccs2)C(=O)CN(CC2CCCO2)C(=O)c2ccco2)cc1OC. The molecule has 36 heavy (non-hydrogen) atoms. The lowest BCUT2D eigenvalue weighted by Gasteiger charge is -2.28. The fraction of sp³-hybridized carbons (Fsp3) is 0.407. The van der Waals surface area contributed by atoms with E-state index in [0.717, 1.165) is 23.3 Å². The fourth-order valence-corrected chi connectivity index (χ4v) is 4.97. The van der Waals surface area contributed by atoms with Gasteiger partial charge in [-0.25, -0.2) is 0 Å². The predicted octanol–water partition coefficient (Wildman–Crippen LogP) is 4.25. The second-order valence-electron chi connectivity index (χ2n) is 8.63. The molecule has 1 aliphatic heterocycles. The van der Waals surface area contributed by atoms with E-state index in [0.29, 0.717) is 44.2 Å². The molecule has 0 saturated carbocycles. The Morgan fingerprint density at radius 1 is 1.08 bits per heavy atom. The summed E-state index contributed by atoms with van der Waals surface area (Å²) in [6.07, 6.45) is 3.85. The van der Waals surface area contributed by atoms with Crippen LogP contribution in [-0.4, -0.2) is 68.2 Å². The number of nitrogens with zero attached hydrogens (tertiary/aromatic N) is 2. The monoisotopic (exact) mass is 512 g/mol. The van der Waals surface area contributed by atoms with Crippen LogP contribution in [0, 0.1) is 0 Å². The minimum Gasteiger partial charge on any atom is -0.493 e. The van der Waals surface area contributed by atoms with Crippen molar-refractivity contribution in [2.45, 2.75) is 31.9 Å². The number of benzene rings is 1. The van der Waals surface area contributed by atoms with Gasteiger partial charge in [0.15, 0.2) is 17.3 Å². The van der Waals surface area contributed by atoms with Gasteiger partial charge in [0.2, 0.25) is 5.91 Å². The third-order valence-electron chi connectivity index (χ3n) is 6.19. The summed E-state index contributed by atoms with van der Waals surface area (Å²) in [5, 5.41) is 2.00. The van der Waals surface area contributed by atoms with Crippen LogP contribution in [-0.2, 0) is 22.5 Å². The zero-order valence-electron chi connectivity index (χ0n) is 20.7. The second-order valence-corrected chi connectivity index (χ2v) is 9.66. The topological polar surface area (TPSA) is 81.5 Å². The number of amides is 2. The first-order chi connectivity index (χ1) is 17.6. The van der Waals surface area contributed by atoms with Crippen LogP contribution in [0.2, 0.25) is 0 Å². The van der Waals surface area contributed by atoms with Crippen molar-refractivity contribution < 1.29 is 28.2 Å². The highest BCUT2D eigenvalue weighted by Crippen LogP contribution is 2.28. The number of carbonyl (C=O) groups is 2. The quantitative estimate of drug-likeness (QED) is 0.361. The molecule has 2 aromatic heterocycles. The smallest absolute Gasteiger partial charge is 0.290 e. The number of rotatable bonds is 12. The zero-order chi connectivity index (χ0) is 25.3. The molecule has 1 aliphatic rings. The number of thiophene rings is 1. The molecule has 1 atom stereocenters. The van der Waals surface area contributed by atoms with Crippen molar-refractivity contribution in [3.8, 4) is 11.5 Å². The second kappa shape index (κ2) is 12.6. The lowest BCUT2D eigenvalue weighted by Crippen LogP contribution is -2.45. The average Bonchev–Trinajstić information content (AvgIpc) is 3.69. The van der Waals surface area contributed by atoms with E-state index in [4.69, 9.17) is 18.6 Å². The maximum Gasteiger partial charge on any atom is 0.290 e. The van der Waals surface area contributed by atoms with Crippen LogP contribution in [0.15, 0.2) is 58.5 Å². The van der Waals surface area contributed by atoms with Gasteiger partial charge in [0.25, 0.3) is 5.91 Å². The van der Waals surface area contributed by atoms with Crippen LogP contribution >= 0.6 is 11.3 Å². The maximum absolute atomic E-state index is 13.6. The first kappa shape index (κ1) is 25.8. The molecule has 0 bridgehead atoms. The number of hydrogen-bond acceptors (Lipinski definition) is 7. The van der Waals surface area contributed by atoms with Crippen LogP contribution < -0.4 is 9.47 Å². The van der Waals surface area contributed by atoms with Gasteiger partial charge in [-0.1, -0.05) is 12.1 Å². The largest absolute Gasteiger partial charge is 0.493 e. The molecule has 1 aromatic carbocycles. The lowest BCUT2D eigenvalue weighted by atomic mass is 10.1. The third-order valence-corrected chi connectivity index (χ3v) is 7.05. The molecule has 0 aliphatic carbocycles. The van der Waals surface area contributed by atoms with Crippen LogP contribution in [0.5, 0.6) is 11.5 Å². The summed E-state index contributed by atoms with van der Waals surface area (Å²) >= 11 is 1.60. The number of hydrogen-bond donors (Lipinski definition) is 0. The molecule has 2 amide bonds. The predicted molar refractivity (Wildman–Crippen MR) is 137 cm³/mol. The van der Waals surface area contributed by atoms with E-state index in [9.17, 15) is 9.59 Å². The van der Waals surface area contributed by atoms with E-state index in [1.54, 1.807) is 47.5 Å². The van der Waals surface area contributed by atoms with Crippen molar-refractivity contribution in [3.05, 3.63) is 70.3 Å². The van der Waals surface area contributed by atoms with Gasteiger partial charge in [0.1, 0.15) is 6.54 Å². The Hall–Kier alpha value is -3.30. The van der Waals surface area contributed by atoms with Gasteiger partial charge in [-0.05, 0) is 60.5 Å². The van der Waals surface area contributed by atoms with E-state index >= 15 is 0 Å². The van der Waals surface area contributed by atoms with Crippen LogP contribution in [0.3, 0.4) is 0 Å². The molecule has 3 aromatic rings. The van der Waals surface area contributed by atoms with Gasteiger partial charge in [0, 0.05) is 24.6 Å². The molecule has 0 radical (unpaired) electrons. The highest BCUT2D eigenvalue weighted by Gasteiger charge is 2.28. The van der Waals surface area contributed by atoms with Crippen molar-refractivity contribution in [1.82, 2.24) is 9.80 Å². The molecule has 1 fully saturated rings. The third kappa shape index (κ3) is 6.67. The number of ether oxygens (including phenoxy) is 3. The molecule has 4 rings (SSSR count). The Morgan fingerprint density at radius 2 is 1.94 bits per heavy atom. The number of carbonyl (C=O) groups excluding carboxylic acids is 2. The van der Waals surface area contributed by atoms with Crippen molar-refractivity contribution in [2.24, 2.45) is 0 Å². The summed E-state index contributed by atoms with van der Waals surface area (Å²) in [5.74, 6) is 1.10. The Kier molecular flexibility index (Phi) is 9.02. The van der Waals surface area contributed by atoms with Gasteiger partial charge < -0.3 is 28.4 Å². The van der Waals surface area contributed by atoms with Crippen LogP contribution in [0.4, 0.5) is 0 Å². The van der Waals surface area contributed by atoms with Gasteiger partial charge in [-0.15, -0.1) is 11.3 Å². The fourth-order valence-electron chi connectivity index (χ4n) is 4.26. The highest BCUT2D eigenvalue weighted by atomic mass is 32.1. The lowest BCUT2D eigenvalue weighted by molar-refractivity contribution is -0.132. The maximum atomic E-state index is 13.6. The highest BCUT2D eigenvalue weighted by molar-refractivity contribution is 7.09. The molecule has 9 heteroatoms. The molecular weight excluding hydrogens is 480 g/mol. The molecule has 1 saturated heterocycles. The van der Waals surface area contributed by atoms with E-state index in [1.165, 1.54) is 6.26 Å². The number of methoxy groups -OCH3 is 2. The molecular formula is C27H32N2O6S. The van der Waals surface area contributed by atoms with Crippen LogP contribution in [0.1, 0.15) is 33.8 Å². The van der Waals surface area contributed by atoms with Crippen molar-refractivity contribution in [2.75, 3.05) is 40.5 Å². The summed E-state index contributed by atoms with van der Waals surface area (Å²) in [6.45, 7) is 1.96. The first-order valence-corrected chi connectivity index (χ1v) is 12.9. The zero-order valence-corrected chi connectivity index (χ0v) is 21.5. The number of furan rings is 1. The summed E-state index contributed by atoms with van der Waals surface area (Å²) in [6, 6.07) is 13.0. The van der Waals surface area contributed by atoms with E-state index in [2.05, 4.69) is 0 Å². The normalized spacial score (nSPS) is 15.0. The minimum atomic E-state index is -0.306. The molecule has 8 nitrogen and oxygen atoms in total. The van der Waals surface area contributed by atoms with Gasteiger partial charge in [0.05, 0.1) is 33.1 Å². The Labute approximate surface area is 215 Å². The van der Waals surface area contributed by atoms with Crippen molar-refractivity contribution >= 4 is 23.2 Å². The minimum absolute atomic E-state index is 0.0449. The van der Waals surface area contributed by atoms with Gasteiger partial charge in [-0.3, -0.25) is 9.59 Å². The summed E-state index contributed by atoms with van der Waals surface area (Å²) in [7, 11) is 3.21. The van der Waals surface area contributed by atoms with Gasteiger partial charge in [-0.2, -0.15) is 0 Å². The Balaban J connectivity index is 1.49. The molecule has 192 valence electrons. The van der Waals surface area contributed by atoms with Gasteiger partial charge >= 0.3 is 0 Å². The van der Waals surface area contributed by atoms with E-state index < -0.39 is 0 Å². The first-order valence-electron chi connectivity index (χ1n) is 12.0. The Bertz CT molecular complexity index is 1110. The molecule has 3 heterocycles. The summed E-state index contributed by atoms with van der Waals surface area (Å²) < 4.78 is 21.8. The average molecular weight is 513 g/mol. The van der Waals surface area contributed by atoms with E-state index in [-0.39, 0.29) is 30.2 Å². The summed E-state index contributed by atoms with van der Waals surface area (Å²) in [5.41, 5.74) is 1.03. The molecule has 1 unspecified atom stereocenters. The summed E-state index contributed by atoms with van der Waals surface area (Å²) in [4.78, 5) is 31.2. The molecule has 0 spiro atoms. The van der Waals surface area contributed by atoms with E-state index in [1.807, 2.05) is 35.7 Å². The van der Waals surface area contributed by atoms with Crippen molar-refractivity contribution in [3.63, 3.8) is 0 Å². The standard InChI is InChI=1S/C27H32N2O6S/c1-32-23-10-9-20(16-25(23)33-2)11-12-28(18-22-7-5-15-36-22)26(30)19-29(17-21-6-3-13-34-21)27(31)24-8-4-14-35-24/h4-5,7-10,14-16,21H,3,6,11-13,17-19H2,1-2H3. The molecule has 0 N–H and O–H groups in total. The van der Waals surface area contributed by atoms with Crippen molar-refractivity contribution in [1.29, 1.82) is 0 Å².